The lowest BCUT2D eigenvalue weighted by atomic mass is 10.0. The number of amides is 2. The van der Waals surface area contributed by atoms with Gasteiger partial charge in [0.1, 0.15) is 6.04 Å². The highest BCUT2D eigenvalue weighted by Gasteiger charge is 2.31. The number of carbonyl (C=O) groups is 2. The monoisotopic (exact) mass is 574 g/mol. The summed E-state index contributed by atoms with van der Waals surface area (Å²) in [7, 11) is 2.05. The van der Waals surface area contributed by atoms with Crippen LogP contribution in [0, 0.1) is 0 Å². The molecule has 0 bridgehead atoms. The van der Waals surface area contributed by atoms with Gasteiger partial charge in [-0.2, -0.15) is 13.2 Å². The van der Waals surface area contributed by atoms with Crippen molar-refractivity contribution < 1.29 is 27.2 Å². The topological polar surface area (TPSA) is 149 Å². The van der Waals surface area contributed by atoms with Gasteiger partial charge in [0.25, 0.3) is 0 Å². The SMILES string of the molecule is C[N+](CCN)(CCN)CCC[C@H](N)C(=O)N[C@@H](Cc1ccc(C(F)(F)F)cc1)C(=O)Nc1ccc2ncccc2c1. The van der Waals surface area contributed by atoms with Gasteiger partial charge in [-0.05, 0) is 54.8 Å². The minimum absolute atomic E-state index is 0.0282. The molecule has 0 radical (unpaired) electrons. The summed E-state index contributed by atoms with van der Waals surface area (Å²) in [5, 5.41) is 6.32. The fourth-order valence-electron chi connectivity index (χ4n) is 4.72. The molecule has 2 amide bonds. The minimum Gasteiger partial charge on any atom is -0.343 e. The number of fused-ring (bicyclic) bond motifs is 1. The van der Waals surface area contributed by atoms with Crippen molar-refractivity contribution in [3.63, 3.8) is 0 Å². The number of carbonyl (C=O) groups excluding carboxylic acids is 2. The summed E-state index contributed by atoms with van der Waals surface area (Å²) in [4.78, 5) is 30.6. The Morgan fingerprint density at radius 1 is 0.976 bits per heavy atom. The van der Waals surface area contributed by atoms with E-state index in [9.17, 15) is 22.8 Å². The fraction of sp³-hybridized carbons (Fsp3) is 0.414. The van der Waals surface area contributed by atoms with Crippen molar-refractivity contribution in [1.29, 1.82) is 0 Å². The Hall–Kier alpha value is -3.58. The third kappa shape index (κ3) is 9.49. The summed E-state index contributed by atoms with van der Waals surface area (Å²) >= 11 is 0. The van der Waals surface area contributed by atoms with Crippen molar-refractivity contribution in [2.45, 2.75) is 37.5 Å². The van der Waals surface area contributed by atoms with Crippen LogP contribution in [0.3, 0.4) is 0 Å². The molecule has 222 valence electrons. The number of benzene rings is 2. The number of nitrogens with two attached hydrogens (primary N) is 3. The number of pyridine rings is 1. The molecule has 0 saturated heterocycles. The van der Waals surface area contributed by atoms with Crippen molar-refractivity contribution >= 4 is 28.4 Å². The Morgan fingerprint density at radius 3 is 2.29 bits per heavy atom. The summed E-state index contributed by atoms with van der Waals surface area (Å²) in [5.41, 5.74) is 18.6. The molecule has 12 heteroatoms. The average molecular weight is 575 g/mol. The minimum atomic E-state index is -4.48. The van der Waals surface area contributed by atoms with Crippen LogP contribution in [-0.2, 0) is 22.2 Å². The normalized spacial score (nSPS) is 13.5. The van der Waals surface area contributed by atoms with E-state index in [4.69, 9.17) is 17.2 Å². The second kappa shape index (κ2) is 14.4. The van der Waals surface area contributed by atoms with Gasteiger partial charge in [0, 0.05) is 36.8 Å². The number of halogens is 3. The Balaban J connectivity index is 1.72. The van der Waals surface area contributed by atoms with Gasteiger partial charge in [0.2, 0.25) is 11.8 Å². The number of likely N-dealkylation sites (N-methyl/N-ethyl adjacent to an activating group) is 1. The first-order chi connectivity index (χ1) is 19.4. The standard InChI is InChI=1S/C29H38F3N7O2/c1-39(16-12-33,17-13-34)15-3-5-24(35)27(40)38-26(18-20-6-8-22(9-7-20)29(30,31)32)28(41)37-23-10-11-25-21(19-23)4-2-14-36-25/h2,4,6-11,14,19,24,26H,3,5,12-13,15-18,33-35H2,1H3,(H-,37,38,40,41)/p+1/t24-,26-/m0/s1. The summed E-state index contributed by atoms with van der Waals surface area (Å²) < 4.78 is 39.8. The number of hydrogen-bond donors (Lipinski definition) is 5. The zero-order valence-electron chi connectivity index (χ0n) is 23.2. The second-order valence-electron chi connectivity index (χ2n) is 10.5. The van der Waals surface area contributed by atoms with Gasteiger partial charge in [-0.1, -0.05) is 18.2 Å². The molecular formula is C29H39F3N7O2+. The van der Waals surface area contributed by atoms with E-state index in [0.29, 0.717) is 41.7 Å². The molecule has 0 aliphatic rings. The first kappa shape index (κ1) is 31.9. The molecule has 41 heavy (non-hydrogen) atoms. The van der Waals surface area contributed by atoms with Gasteiger partial charge in [0.15, 0.2) is 0 Å². The molecule has 0 spiro atoms. The Labute approximate surface area is 237 Å². The predicted octanol–water partition coefficient (Wildman–Crippen LogP) is 2.39. The van der Waals surface area contributed by atoms with E-state index in [-0.39, 0.29) is 6.42 Å². The molecule has 2 atom stereocenters. The number of anilines is 1. The van der Waals surface area contributed by atoms with E-state index in [1.165, 1.54) is 12.1 Å². The fourth-order valence-corrected chi connectivity index (χ4v) is 4.72. The highest BCUT2D eigenvalue weighted by Crippen LogP contribution is 2.29. The molecular weight excluding hydrogens is 535 g/mol. The van der Waals surface area contributed by atoms with Crippen molar-refractivity contribution in [2.24, 2.45) is 17.2 Å². The summed E-state index contributed by atoms with van der Waals surface area (Å²) in [6.07, 6.45) is -1.83. The molecule has 0 aliphatic carbocycles. The van der Waals surface area contributed by atoms with Crippen LogP contribution in [0.2, 0.25) is 0 Å². The molecule has 3 aromatic rings. The number of quaternary nitrogens is 1. The number of hydrogen-bond acceptors (Lipinski definition) is 6. The third-order valence-electron chi connectivity index (χ3n) is 7.11. The molecule has 0 unspecified atom stereocenters. The van der Waals surface area contributed by atoms with E-state index < -0.39 is 35.6 Å². The molecule has 1 aromatic heterocycles. The van der Waals surface area contributed by atoms with Gasteiger partial charge in [0.05, 0.1) is 43.8 Å². The lowest BCUT2D eigenvalue weighted by Gasteiger charge is -2.34. The van der Waals surface area contributed by atoms with Gasteiger partial charge in [-0.15, -0.1) is 0 Å². The van der Waals surface area contributed by atoms with Crippen molar-refractivity contribution in [2.75, 3.05) is 45.1 Å². The summed E-state index contributed by atoms with van der Waals surface area (Å²) in [6, 6.07) is 11.4. The molecule has 2 aromatic carbocycles. The Morgan fingerprint density at radius 2 is 1.66 bits per heavy atom. The zero-order chi connectivity index (χ0) is 30.0. The average Bonchev–Trinajstić information content (AvgIpc) is 2.92. The van der Waals surface area contributed by atoms with E-state index in [1.54, 1.807) is 30.5 Å². The maximum atomic E-state index is 13.3. The summed E-state index contributed by atoms with van der Waals surface area (Å²) in [6.45, 7) is 3.26. The van der Waals surface area contributed by atoms with Crippen molar-refractivity contribution in [1.82, 2.24) is 10.3 Å². The number of alkyl halides is 3. The highest BCUT2D eigenvalue weighted by atomic mass is 19.4. The van der Waals surface area contributed by atoms with Crippen LogP contribution < -0.4 is 27.8 Å². The van der Waals surface area contributed by atoms with Crippen molar-refractivity contribution in [3.8, 4) is 0 Å². The van der Waals surface area contributed by atoms with Crippen LogP contribution in [0.25, 0.3) is 10.9 Å². The molecule has 1 heterocycles. The van der Waals surface area contributed by atoms with Crippen LogP contribution in [0.1, 0.15) is 24.0 Å². The highest BCUT2D eigenvalue weighted by molar-refractivity contribution is 5.99. The van der Waals surface area contributed by atoms with Gasteiger partial charge < -0.3 is 32.3 Å². The van der Waals surface area contributed by atoms with E-state index in [0.717, 1.165) is 42.7 Å². The first-order valence-corrected chi connectivity index (χ1v) is 13.6. The maximum Gasteiger partial charge on any atom is 0.416 e. The molecule has 9 nitrogen and oxygen atoms in total. The number of aromatic nitrogens is 1. The van der Waals surface area contributed by atoms with E-state index in [2.05, 4.69) is 22.7 Å². The van der Waals surface area contributed by atoms with Crippen molar-refractivity contribution in [3.05, 3.63) is 71.9 Å². The number of nitrogens with one attached hydrogen (secondary N) is 2. The first-order valence-electron chi connectivity index (χ1n) is 13.6. The van der Waals surface area contributed by atoms with Crippen LogP contribution in [-0.4, -0.2) is 73.1 Å². The van der Waals surface area contributed by atoms with Crippen LogP contribution in [0.15, 0.2) is 60.8 Å². The van der Waals surface area contributed by atoms with Gasteiger partial charge >= 0.3 is 6.18 Å². The molecule has 0 aliphatic heterocycles. The lowest BCUT2D eigenvalue weighted by molar-refractivity contribution is -0.907. The molecule has 8 N–H and O–H groups in total. The Kier molecular flexibility index (Phi) is 11.2. The van der Waals surface area contributed by atoms with E-state index >= 15 is 0 Å². The number of rotatable bonds is 14. The van der Waals surface area contributed by atoms with Gasteiger partial charge in [-0.25, -0.2) is 0 Å². The largest absolute Gasteiger partial charge is 0.416 e. The number of nitrogens with zero attached hydrogens (tertiary/aromatic N) is 2. The third-order valence-corrected chi connectivity index (χ3v) is 7.11. The quantitative estimate of drug-likeness (QED) is 0.187. The Bertz CT molecular complexity index is 1300. The van der Waals surface area contributed by atoms with Crippen LogP contribution in [0.5, 0.6) is 0 Å². The molecule has 0 fully saturated rings. The van der Waals surface area contributed by atoms with Gasteiger partial charge in [-0.3, -0.25) is 14.6 Å². The second-order valence-corrected chi connectivity index (χ2v) is 10.5. The van der Waals surface area contributed by atoms with E-state index in [1.807, 2.05) is 6.07 Å². The molecule has 3 rings (SSSR count). The molecule has 0 saturated carbocycles. The zero-order valence-corrected chi connectivity index (χ0v) is 23.2. The van der Waals surface area contributed by atoms with Crippen LogP contribution >= 0.6 is 0 Å². The smallest absolute Gasteiger partial charge is 0.343 e. The lowest BCUT2D eigenvalue weighted by Crippen LogP contribution is -2.52. The summed E-state index contributed by atoms with van der Waals surface area (Å²) in [5.74, 6) is -1.05. The maximum absolute atomic E-state index is 13.3. The predicted molar refractivity (Wildman–Crippen MR) is 154 cm³/mol. The van der Waals surface area contributed by atoms with Crippen LogP contribution in [0.4, 0.5) is 18.9 Å².